The second-order valence-corrected chi connectivity index (χ2v) is 13.3. The normalized spacial score (nSPS) is 33.0. The van der Waals surface area contributed by atoms with Crippen molar-refractivity contribution in [1.82, 2.24) is 0 Å². The van der Waals surface area contributed by atoms with Crippen LogP contribution in [0.1, 0.15) is 0 Å². The van der Waals surface area contributed by atoms with Gasteiger partial charge in [0.1, 0.15) is 0 Å². The standard InChI is InChI=1S/C10H21AsO9S/c1-11(2,15)3-7-8(13)9(14)10(20-7)18-4-6(12)5-19-21(16)17/h6-10,12-14H,3-5H2,1-2H3,(H,16,17). The summed E-state index contributed by atoms with van der Waals surface area (Å²) in [4.78, 5) is 0. The molecule has 0 radical (unpaired) electrons. The van der Waals surface area contributed by atoms with Crippen molar-refractivity contribution in [3.8, 4) is 0 Å². The molecule has 1 aliphatic heterocycles. The summed E-state index contributed by atoms with van der Waals surface area (Å²) in [6.45, 7) is -0.751. The van der Waals surface area contributed by atoms with Gasteiger partial charge in [-0.05, 0) is 0 Å². The number of ether oxygens (including phenoxy) is 2. The summed E-state index contributed by atoms with van der Waals surface area (Å²) in [7, 11) is 0. The van der Waals surface area contributed by atoms with Crippen LogP contribution in [0.15, 0.2) is 0 Å². The molecule has 6 atom stereocenters. The molecule has 1 saturated heterocycles. The molecular weight excluding hydrogens is 371 g/mol. The van der Waals surface area contributed by atoms with E-state index in [1.165, 1.54) is 0 Å². The average Bonchev–Trinajstić information content (AvgIpc) is 2.60. The Morgan fingerprint density at radius 2 is 1.90 bits per heavy atom. The van der Waals surface area contributed by atoms with Gasteiger partial charge in [-0.15, -0.1) is 0 Å². The van der Waals surface area contributed by atoms with Crippen LogP contribution in [0.3, 0.4) is 0 Å². The van der Waals surface area contributed by atoms with Gasteiger partial charge in [0.25, 0.3) is 0 Å². The van der Waals surface area contributed by atoms with E-state index in [4.69, 9.17) is 14.0 Å². The van der Waals surface area contributed by atoms with Crippen LogP contribution < -0.4 is 0 Å². The Labute approximate surface area is 127 Å². The molecule has 1 heterocycles. The summed E-state index contributed by atoms with van der Waals surface area (Å²) in [5, 5.41) is 29.2. The molecule has 1 aliphatic rings. The van der Waals surface area contributed by atoms with Crippen LogP contribution in [0.25, 0.3) is 0 Å². The van der Waals surface area contributed by atoms with Gasteiger partial charge in [-0.2, -0.15) is 0 Å². The van der Waals surface area contributed by atoms with E-state index in [9.17, 15) is 23.3 Å². The maximum atomic E-state index is 11.8. The molecule has 0 spiro atoms. The van der Waals surface area contributed by atoms with Crippen molar-refractivity contribution in [3.63, 3.8) is 0 Å². The van der Waals surface area contributed by atoms with Crippen molar-refractivity contribution in [2.75, 3.05) is 13.2 Å². The van der Waals surface area contributed by atoms with Crippen LogP contribution in [0.2, 0.25) is 16.6 Å². The molecule has 21 heavy (non-hydrogen) atoms. The van der Waals surface area contributed by atoms with Crippen molar-refractivity contribution in [2.24, 2.45) is 0 Å². The van der Waals surface area contributed by atoms with E-state index in [1.807, 2.05) is 0 Å². The van der Waals surface area contributed by atoms with Gasteiger partial charge < -0.3 is 0 Å². The van der Waals surface area contributed by atoms with E-state index >= 15 is 0 Å². The van der Waals surface area contributed by atoms with E-state index in [0.717, 1.165) is 0 Å². The third-order valence-corrected chi connectivity index (χ3v) is 5.69. The Morgan fingerprint density at radius 1 is 1.29 bits per heavy atom. The molecular formula is C10H21AsO9S. The van der Waals surface area contributed by atoms with E-state index < -0.39 is 62.2 Å². The number of hydrogen-bond donors (Lipinski definition) is 4. The van der Waals surface area contributed by atoms with E-state index in [-0.39, 0.29) is 11.8 Å². The Kier molecular flexibility index (Phi) is 7.51. The maximum absolute atomic E-state index is 11.8. The fraction of sp³-hybridized carbons (Fsp3) is 1.00. The summed E-state index contributed by atoms with van der Waals surface area (Å²) in [6, 6.07) is 0. The first kappa shape index (κ1) is 19.3. The Hall–Kier alpha value is 0.228. The minimum absolute atomic E-state index is 0.158. The third kappa shape index (κ3) is 6.89. The summed E-state index contributed by atoms with van der Waals surface area (Å²) < 4.78 is 45.1. The van der Waals surface area contributed by atoms with Gasteiger partial charge in [-0.25, -0.2) is 0 Å². The molecule has 9 nitrogen and oxygen atoms in total. The molecule has 0 aromatic rings. The number of rotatable bonds is 8. The second-order valence-electron chi connectivity index (χ2n) is 5.27. The third-order valence-electron chi connectivity index (χ3n) is 2.75. The summed E-state index contributed by atoms with van der Waals surface area (Å²) in [5.41, 5.74) is 3.20. The predicted octanol–water partition coefficient (Wildman–Crippen LogP) is -1.40. The van der Waals surface area contributed by atoms with Crippen molar-refractivity contribution >= 4 is 24.9 Å². The first-order valence-corrected chi connectivity index (χ1v) is 13.1. The summed E-state index contributed by atoms with van der Waals surface area (Å²) in [6.07, 6.45) is -5.69. The zero-order chi connectivity index (χ0) is 16.2. The van der Waals surface area contributed by atoms with Crippen LogP contribution in [-0.2, 0) is 28.8 Å². The number of aliphatic hydroxyl groups excluding tert-OH is 3. The first-order valence-electron chi connectivity index (χ1n) is 6.19. The van der Waals surface area contributed by atoms with Crippen molar-refractivity contribution in [3.05, 3.63) is 0 Å². The van der Waals surface area contributed by atoms with Gasteiger partial charge >= 0.3 is 127 Å². The summed E-state index contributed by atoms with van der Waals surface area (Å²) in [5.74, 6) is 0. The SMILES string of the molecule is C[As](C)(=O)CC1OC(OCC(O)COS(=O)O)C(O)C1O. The van der Waals surface area contributed by atoms with Crippen LogP contribution >= 0.6 is 0 Å². The first-order chi connectivity index (χ1) is 9.60. The monoisotopic (exact) mass is 392 g/mol. The molecule has 0 saturated carbocycles. The van der Waals surface area contributed by atoms with Gasteiger partial charge in [0.2, 0.25) is 0 Å². The zero-order valence-electron chi connectivity index (χ0n) is 11.7. The van der Waals surface area contributed by atoms with E-state index in [1.54, 1.807) is 11.4 Å². The topological polar surface area (TPSA) is 143 Å². The average molecular weight is 392 g/mol. The number of hydrogen-bond acceptors (Lipinski definition) is 8. The van der Waals surface area contributed by atoms with Crippen molar-refractivity contribution < 1.29 is 41.5 Å². The second kappa shape index (κ2) is 8.19. The molecule has 1 fully saturated rings. The van der Waals surface area contributed by atoms with Gasteiger partial charge in [0.05, 0.1) is 0 Å². The summed E-state index contributed by atoms with van der Waals surface area (Å²) >= 11 is -5.54. The molecule has 0 aromatic heterocycles. The van der Waals surface area contributed by atoms with Gasteiger partial charge in [-0.3, -0.25) is 0 Å². The predicted molar refractivity (Wildman–Crippen MR) is 72.3 cm³/mol. The van der Waals surface area contributed by atoms with E-state index in [2.05, 4.69) is 4.18 Å². The number of aliphatic hydroxyl groups is 3. The molecule has 126 valence electrons. The van der Waals surface area contributed by atoms with Crippen molar-refractivity contribution in [2.45, 2.75) is 47.3 Å². The fourth-order valence-electron chi connectivity index (χ4n) is 1.83. The van der Waals surface area contributed by atoms with Gasteiger partial charge in [0.15, 0.2) is 0 Å². The molecule has 0 aliphatic carbocycles. The molecule has 0 aromatic carbocycles. The van der Waals surface area contributed by atoms with Gasteiger partial charge in [0, 0.05) is 0 Å². The van der Waals surface area contributed by atoms with Gasteiger partial charge in [-0.1, -0.05) is 0 Å². The Balaban J connectivity index is 2.42. The van der Waals surface area contributed by atoms with Crippen LogP contribution in [0.5, 0.6) is 0 Å². The minimum atomic E-state index is -3.06. The fourth-order valence-corrected chi connectivity index (χ4v) is 4.55. The zero-order valence-corrected chi connectivity index (χ0v) is 14.4. The molecule has 6 unspecified atom stereocenters. The molecule has 4 N–H and O–H groups in total. The molecule has 0 bridgehead atoms. The van der Waals surface area contributed by atoms with Crippen molar-refractivity contribution in [1.29, 1.82) is 0 Å². The van der Waals surface area contributed by atoms with Crippen LogP contribution in [0, 0.1) is 0 Å². The van der Waals surface area contributed by atoms with E-state index in [0.29, 0.717) is 0 Å². The quantitative estimate of drug-likeness (QED) is 0.290. The van der Waals surface area contributed by atoms with Crippen LogP contribution in [0.4, 0.5) is 0 Å². The molecule has 1 rings (SSSR count). The molecule has 11 heteroatoms. The molecule has 0 amide bonds. The van der Waals surface area contributed by atoms with Crippen LogP contribution in [-0.4, -0.2) is 81.5 Å². The Bertz CT molecular complexity index is 400. The Morgan fingerprint density at radius 3 is 2.43 bits per heavy atom.